The van der Waals surface area contributed by atoms with Crippen molar-refractivity contribution in [2.45, 2.75) is 50.6 Å². The summed E-state index contributed by atoms with van der Waals surface area (Å²) in [7, 11) is -2.68. The summed E-state index contributed by atoms with van der Waals surface area (Å²) in [5.74, 6) is -0.444. The number of aromatic nitrogens is 1. The number of hydroxylamine groups is 1. The molecule has 10 nitrogen and oxygen atoms in total. The van der Waals surface area contributed by atoms with Crippen molar-refractivity contribution in [1.82, 2.24) is 19.7 Å². The highest BCUT2D eigenvalue weighted by Crippen LogP contribution is 2.31. The van der Waals surface area contributed by atoms with Gasteiger partial charge in [0.1, 0.15) is 11.8 Å². The number of pyridine rings is 1. The zero-order valence-electron chi connectivity index (χ0n) is 20.8. The SMILES string of the molecule is COc1ccc(S(=O)(=O)N(Cc2ccncc2)[C@@H](C(=O)NO)C2CCN(C(=O)CC(C)C)CC2)cc1. The predicted molar refractivity (Wildman–Crippen MR) is 132 cm³/mol. The van der Waals surface area contributed by atoms with Crippen LogP contribution >= 0.6 is 0 Å². The van der Waals surface area contributed by atoms with Gasteiger partial charge in [0.2, 0.25) is 15.9 Å². The van der Waals surface area contributed by atoms with Crippen molar-refractivity contribution in [3.05, 3.63) is 54.4 Å². The van der Waals surface area contributed by atoms with E-state index in [0.717, 1.165) is 4.31 Å². The number of amides is 2. The summed E-state index contributed by atoms with van der Waals surface area (Å²) in [5, 5.41) is 9.58. The fraction of sp³-hybridized carbons (Fsp3) is 0.480. The summed E-state index contributed by atoms with van der Waals surface area (Å²) >= 11 is 0. The third kappa shape index (κ3) is 6.59. The molecule has 196 valence electrons. The van der Waals surface area contributed by atoms with E-state index in [0.29, 0.717) is 43.7 Å². The first-order chi connectivity index (χ1) is 17.2. The van der Waals surface area contributed by atoms with Gasteiger partial charge in [-0.1, -0.05) is 13.8 Å². The number of rotatable bonds is 10. The van der Waals surface area contributed by atoms with Crippen molar-refractivity contribution >= 4 is 21.8 Å². The standard InChI is InChI=1S/C25H34N4O6S/c1-18(2)16-23(30)28-14-10-20(11-15-28)24(25(31)27-32)29(17-19-8-12-26-13-9-19)36(33,34)22-6-4-21(35-3)5-7-22/h4-9,12-13,18,20,24,32H,10-11,14-17H2,1-3H3,(H,27,31)/t24-/m1/s1. The van der Waals surface area contributed by atoms with Crippen molar-refractivity contribution in [2.24, 2.45) is 11.8 Å². The van der Waals surface area contributed by atoms with E-state index in [1.54, 1.807) is 34.9 Å². The van der Waals surface area contributed by atoms with E-state index in [-0.39, 0.29) is 23.3 Å². The first-order valence-electron chi connectivity index (χ1n) is 11.9. The first-order valence-corrected chi connectivity index (χ1v) is 13.4. The molecule has 1 aliphatic heterocycles. The average Bonchev–Trinajstić information content (AvgIpc) is 2.88. The molecular formula is C25H34N4O6S. The molecule has 2 N–H and O–H groups in total. The number of carbonyl (C=O) groups excluding carboxylic acids is 2. The molecule has 2 amide bonds. The largest absolute Gasteiger partial charge is 0.497 e. The van der Waals surface area contributed by atoms with Gasteiger partial charge in [-0.3, -0.25) is 19.8 Å². The maximum Gasteiger partial charge on any atom is 0.262 e. The lowest BCUT2D eigenvalue weighted by Crippen LogP contribution is -2.55. The number of nitrogens with one attached hydrogen (secondary N) is 1. The second-order valence-electron chi connectivity index (χ2n) is 9.32. The van der Waals surface area contributed by atoms with Crippen molar-refractivity contribution < 1.29 is 28.0 Å². The number of hydrogen-bond donors (Lipinski definition) is 2. The van der Waals surface area contributed by atoms with Crippen LogP contribution in [0, 0.1) is 11.8 Å². The van der Waals surface area contributed by atoms with E-state index >= 15 is 0 Å². The van der Waals surface area contributed by atoms with E-state index < -0.39 is 27.9 Å². The van der Waals surface area contributed by atoms with Crippen LogP contribution in [-0.2, 0) is 26.2 Å². The molecule has 0 bridgehead atoms. The minimum absolute atomic E-state index is 0.00218. The molecule has 36 heavy (non-hydrogen) atoms. The fourth-order valence-corrected chi connectivity index (χ4v) is 6.11. The molecule has 1 aromatic carbocycles. The third-order valence-corrected chi connectivity index (χ3v) is 8.21. The molecule has 1 fully saturated rings. The van der Waals surface area contributed by atoms with Gasteiger partial charge in [-0.25, -0.2) is 13.9 Å². The quantitative estimate of drug-likeness (QED) is 0.365. The van der Waals surface area contributed by atoms with Gasteiger partial charge in [-0.15, -0.1) is 0 Å². The van der Waals surface area contributed by atoms with Gasteiger partial charge in [0.15, 0.2) is 0 Å². The Morgan fingerprint density at radius 1 is 1.14 bits per heavy atom. The minimum Gasteiger partial charge on any atom is -0.497 e. The number of piperidine rings is 1. The van der Waals surface area contributed by atoms with Crippen LogP contribution in [0.15, 0.2) is 53.7 Å². The van der Waals surface area contributed by atoms with Crippen LogP contribution in [0.3, 0.4) is 0 Å². The molecule has 11 heteroatoms. The van der Waals surface area contributed by atoms with Gasteiger partial charge in [0.25, 0.3) is 5.91 Å². The summed E-state index contributed by atoms with van der Waals surface area (Å²) in [4.78, 5) is 31.3. The molecular weight excluding hydrogens is 484 g/mol. The van der Waals surface area contributed by atoms with E-state index in [1.807, 2.05) is 13.8 Å². The molecule has 1 aromatic heterocycles. The van der Waals surface area contributed by atoms with Crippen LogP contribution in [0.1, 0.15) is 38.7 Å². The van der Waals surface area contributed by atoms with E-state index in [2.05, 4.69) is 4.98 Å². The maximum absolute atomic E-state index is 13.9. The van der Waals surface area contributed by atoms with Crippen LogP contribution < -0.4 is 10.2 Å². The second-order valence-corrected chi connectivity index (χ2v) is 11.2. The van der Waals surface area contributed by atoms with Gasteiger partial charge in [0.05, 0.1) is 12.0 Å². The number of ether oxygens (including phenoxy) is 1. The van der Waals surface area contributed by atoms with Gasteiger partial charge < -0.3 is 9.64 Å². The van der Waals surface area contributed by atoms with Crippen LogP contribution in [0.2, 0.25) is 0 Å². The Labute approximate surface area is 212 Å². The fourth-order valence-electron chi connectivity index (χ4n) is 4.47. The molecule has 1 aliphatic rings. The van der Waals surface area contributed by atoms with Crippen LogP contribution in [-0.4, -0.2) is 65.9 Å². The Bertz CT molecular complexity index is 1120. The number of benzene rings is 1. The molecule has 2 aromatic rings. The topological polar surface area (TPSA) is 129 Å². The van der Waals surface area contributed by atoms with Crippen LogP contribution in [0.25, 0.3) is 0 Å². The Hall–Kier alpha value is -3.02. The number of hydrogen-bond acceptors (Lipinski definition) is 7. The molecule has 0 unspecified atom stereocenters. The van der Waals surface area contributed by atoms with Crippen LogP contribution in [0.4, 0.5) is 0 Å². The lowest BCUT2D eigenvalue weighted by Gasteiger charge is -2.39. The normalized spacial score (nSPS) is 15.7. The first kappa shape index (κ1) is 27.6. The third-order valence-electron chi connectivity index (χ3n) is 6.36. The maximum atomic E-state index is 13.9. The molecule has 0 aliphatic carbocycles. The molecule has 0 radical (unpaired) electrons. The number of carbonyl (C=O) groups is 2. The van der Waals surface area contributed by atoms with E-state index in [9.17, 15) is 23.2 Å². The van der Waals surface area contributed by atoms with E-state index in [4.69, 9.17) is 4.74 Å². The monoisotopic (exact) mass is 518 g/mol. The zero-order chi connectivity index (χ0) is 26.3. The van der Waals surface area contributed by atoms with E-state index in [1.165, 1.54) is 31.4 Å². The summed E-state index contributed by atoms with van der Waals surface area (Å²) in [5.41, 5.74) is 2.31. The van der Waals surface area contributed by atoms with Gasteiger partial charge >= 0.3 is 0 Å². The number of nitrogens with zero attached hydrogens (tertiary/aromatic N) is 3. The van der Waals surface area contributed by atoms with Gasteiger partial charge in [-0.2, -0.15) is 4.31 Å². The Balaban J connectivity index is 1.95. The van der Waals surface area contributed by atoms with Crippen molar-refractivity contribution in [3.63, 3.8) is 0 Å². The molecule has 0 spiro atoms. The van der Waals surface area contributed by atoms with Gasteiger partial charge in [0, 0.05) is 38.4 Å². The lowest BCUT2D eigenvalue weighted by atomic mass is 9.88. The minimum atomic E-state index is -4.17. The highest BCUT2D eigenvalue weighted by molar-refractivity contribution is 7.89. The zero-order valence-corrected chi connectivity index (χ0v) is 21.6. The van der Waals surface area contributed by atoms with Gasteiger partial charge in [-0.05, 0) is 66.6 Å². The smallest absolute Gasteiger partial charge is 0.262 e. The molecule has 3 rings (SSSR count). The second kappa shape index (κ2) is 12.3. The number of methoxy groups -OCH3 is 1. The summed E-state index contributed by atoms with van der Waals surface area (Å²) in [6.45, 7) is 4.69. The predicted octanol–water partition coefficient (Wildman–Crippen LogP) is 2.44. The number of sulfonamides is 1. The molecule has 1 atom stereocenters. The highest BCUT2D eigenvalue weighted by Gasteiger charge is 2.42. The molecule has 1 saturated heterocycles. The Morgan fingerprint density at radius 2 is 1.75 bits per heavy atom. The Morgan fingerprint density at radius 3 is 2.28 bits per heavy atom. The van der Waals surface area contributed by atoms with Crippen molar-refractivity contribution in [1.29, 1.82) is 0 Å². The van der Waals surface area contributed by atoms with Crippen molar-refractivity contribution in [3.8, 4) is 5.75 Å². The summed E-state index contributed by atoms with van der Waals surface area (Å²) < 4.78 is 34.0. The summed E-state index contributed by atoms with van der Waals surface area (Å²) in [6, 6.07) is 8.10. The summed E-state index contributed by atoms with van der Waals surface area (Å²) in [6.07, 6.45) is 4.38. The van der Waals surface area contributed by atoms with Crippen LogP contribution in [0.5, 0.6) is 5.75 Å². The molecule has 0 saturated carbocycles. The Kier molecular flexibility index (Phi) is 9.41. The van der Waals surface area contributed by atoms with Crippen molar-refractivity contribution in [2.75, 3.05) is 20.2 Å². The average molecular weight is 519 g/mol. The lowest BCUT2D eigenvalue weighted by molar-refractivity contribution is -0.137. The number of likely N-dealkylation sites (tertiary alicyclic amines) is 1. The highest BCUT2D eigenvalue weighted by atomic mass is 32.2. The molecule has 2 heterocycles.